The van der Waals surface area contributed by atoms with Crippen molar-refractivity contribution in [2.75, 3.05) is 5.73 Å². The van der Waals surface area contributed by atoms with Gasteiger partial charge in [0, 0.05) is 11.3 Å². The van der Waals surface area contributed by atoms with Crippen molar-refractivity contribution >= 4 is 23.3 Å². The minimum Gasteiger partial charge on any atom is -0.481 e. The number of rotatable bonds is 1. The first kappa shape index (κ1) is 10.4. The van der Waals surface area contributed by atoms with Crippen LogP contribution in [-0.4, -0.2) is 11.1 Å². The molecule has 0 spiro atoms. The molecular weight excluding hydrogens is 202 g/mol. The van der Waals surface area contributed by atoms with Crippen molar-refractivity contribution in [1.82, 2.24) is 0 Å². The Morgan fingerprint density at radius 2 is 2.29 bits per heavy atom. The molecule has 0 amide bonds. The predicted molar refractivity (Wildman–Crippen MR) is 55.0 cm³/mol. The molecule has 72 valence electrons. The molecule has 0 atom stereocenters. The Morgan fingerprint density at radius 1 is 1.57 bits per heavy atom. The molecule has 0 aliphatic heterocycles. The average Bonchev–Trinajstić information content (AvgIpc) is 2.08. The third-order valence-electron chi connectivity index (χ3n) is 1.46. The van der Waals surface area contributed by atoms with Crippen LogP contribution in [0.4, 0.5) is 5.69 Å². The molecule has 1 aromatic carbocycles. The third-order valence-corrected chi connectivity index (χ3v) is 1.77. The maximum absolute atomic E-state index is 10.2. The molecule has 0 saturated carbocycles. The van der Waals surface area contributed by atoms with Crippen LogP contribution in [0.5, 0.6) is 0 Å². The Hall–Kier alpha value is -1.66. The number of nitrogen functional groups attached to an aromatic ring is 1. The molecule has 0 aromatic heterocycles. The van der Waals surface area contributed by atoms with Crippen molar-refractivity contribution in [3.8, 4) is 11.8 Å². The van der Waals surface area contributed by atoms with Gasteiger partial charge in [-0.2, -0.15) is 0 Å². The quantitative estimate of drug-likeness (QED) is 0.547. The number of anilines is 1. The molecule has 0 heterocycles. The lowest BCUT2D eigenvalue weighted by atomic mass is 10.2. The number of halogens is 1. The van der Waals surface area contributed by atoms with Crippen LogP contribution in [0.1, 0.15) is 12.0 Å². The van der Waals surface area contributed by atoms with Gasteiger partial charge in [0.1, 0.15) is 6.42 Å². The summed E-state index contributed by atoms with van der Waals surface area (Å²) in [6.07, 6.45) is -0.194. The van der Waals surface area contributed by atoms with Crippen molar-refractivity contribution in [3.63, 3.8) is 0 Å². The molecule has 0 aliphatic rings. The van der Waals surface area contributed by atoms with E-state index in [0.717, 1.165) is 0 Å². The van der Waals surface area contributed by atoms with Crippen molar-refractivity contribution in [1.29, 1.82) is 0 Å². The highest BCUT2D eigenvalue weighted by Gasteiger charge is 1.96. The van der Waals surface area contributed by atoms with Crippen LogP contribution in [0.3, 0.4) is 0 Å². The van der Waals surface area contributed by atoms with Crippen LogP contribution in [0, 0.1) is 11.8 Å². The van der Waals surface area contributed by atoms with Crippen LogP contribution >= 0.6 is 11.6 Å². The molecule has 3 nitrogen and oxygen atoms in total. The van der Waals surface area contributed by atoms with E-state index in [1.54, 1.807) is 18.2 Å². The van der Waals surface area contributed by atoms with Gasteiger partial charge in [-0.1, -0.05) is 23.4 Å². The molecule has 14 heavy (non-hydrogen) atoms. The average molecular weight is 210 g/mol. The highest BCUT2D eigenvalue weighted by molar-refractivity contribution is 6.32. The summed E-state index contributed by atoms with van der Waals surface area (Å²) in [6, 6.07) is 4.90. The minimum absolute atomic E-state index is 0.194. The summed E-state index contributed by atoms with van der Waals surface area (Å²) in [6.45, 7) is 0. The van der Waals surface area contributed by atoms with Crippen molar-refractivity contribution in [2.45, 2.75) is 6.42 Å². The minimum atomic E-state index is -0.955. The largest absolute Gasteiger partial charge is 0.481 e. The van der Waals surface area contributed by atoms with Gasteiger partial charge >= 0.3 is 5.97 Å². The SMILES string of the molecule is Nc1ccc(C#CCC(=O)O)c(Cl)c1. The van der Waals surface area contributed by atoms with Crippen LogP contribution < -0.4 is 5.73 Å². The van der Waals surface area contributed by atoms with Gasteiger partial charge in [0.15, 0.2) is 0 Å². The number of nitrogens with two attached hydrogens (primary N) is 1. The second-order valence-corrected chi connectivity index (χ2v) is 3.02. The molecule has 1 rings (SSSR count). The maximum atomic E-state index is 10.2. The molecule has 0 saturated heterocycles. The Balaban J connectivity index is 2.85. The summed E-state index contributed by atoms with van der Waals surface area (Å²) in [5, 5.41) is 8.78. The number of hydrogen-bond donors (Lipinski definition) is 2. The molecule has 0 bridgehead atoms. The fourth-order valence-electron chi connectivity index (χ4n) is 0.848. The van der Waals surface area contributed by atoms with Crippen LogP contribution in [0.15, 0.2) is 18.2 Å². The van der Waals surface area contributed by atoms with E-state index >= 15 is 0 Å². The first-order valence-corrected chi connectivity index (χ1v) is 4.23. The fraction of sp³-hybridized carbons (Fsp3) is 0.100. The lowest BCUT2D eigenvalue weighted by Crippen LogP contribution is -1.90. The molecule has 0 radical (unpaired) electrons. The monoisotopic (exact) mass is 209 g/mol. The van der Waals surface area contributed by atoms with Crippen molar-refractivity contribution in [3.05, 3.63) is 28.8 Å². The van der Waals surface area contributed by atoms with E-state index in [0.29, 0.717) is 16.3 Å². The van der Waals surface area contributed by atoms with Gasteiger partial charge < -0.3 is 10.8 Å². The number of carboxylic acid groups (broad SMARTS) is 1. The molecule has 1 aromatic rings. The first-order chi connectivity index (χ1) is 6.59. The van der Waals surface area contributed by atoms with E-state index in [9.17, 15) is 4.79 Å². The van der Waals surface area contributed by atoms with Gasteiger partial charge in [0.05, 0.1) is 5.02 Å². The molecule has 3 N–H and O–H groups in total. The van der Waals surface area contributed by atoms with E-state index in [1.165, 1.54) is 0 Å². The highest BCUT2D eigenvalue weighted by atomic mass is 35.5. The summed E-state index contributed by atoms with van der Waals surface area (Å²) < 4.78 is 0. The lowest BCUT2D eigenvalue weighted by molar-refractivity contribution is -0.135. The number of benzene rings is 1. The highest BCUT2D eigenvalue weighted by Crippen LogP contribution is 2.17. The third kappa shape index (κ3) is 3.00. The van der Waals surface area contributed by atoms with Gasteiger partial charge in [0.25, 0.3) is 0 Å². The smallest absolute Gasteiger partial charge is 0.315 e. The normalized spacial score (nSPS) is 8.93. The first-order valence-electron chi connectivity index (χ1n) is 3.85. The molecule has 0 unspecified atom stereocenters. The number of hydrogen-bond acceptors (Lipinski definition) is 2. The molecular formula is C10H8ClNO2. The Morgan fingerprint density at radius 3 is 2.86 bits per heavy atom. The standard InChI is InChI=1S/C10H8ClNO2/c11-9-6-8(12)5-4-7(9)2-1-3-10(13)14/h4-6H,3,12H2,(H,13,14). The van der Waals surface area contributed by atoms with Gasteiger partial charge in [-0.25, -0.2) is 0 Å². The maximum Gasteiger partial charge on any atom is 0.315 e. The Labute approximate surface area is 86.5 Å². The lowest BCUT2D eigenvalue weighted by Gasteiger charge is -1.96. The second-order valence-electron chi connectivity index (χ2n) is 2.61. The zero-order chi connectivity index (χ0) is 10.6. The van der Waals surface area contributed by atoms with Crippen molar-refractivity contribution < 1.29 is 9.90 Å². The number of carbonyl (C=O) groups is 1. The zero-order valence-corrected chi connectivity index (χ0v) is 8.01. The summed E-state index contributed by atoms with van der Waals surface area (Å²) in [5.74, 6) is 4.19. The number of carboxylic acids is 1. The van der Waals surface area contributed by atoms with Gasteiger partial charge in [-0.15, -0.1) is 0 Å². The summed E-state index contributed by atoms with van der Waals surface area (Å²) >= 11 is 5.81. The Bertz CT molecular complexity index is 418. The zero-order valence-electron chi connectivity index (χ0n) is 7.25. The van der Waals surface area contributed by atoms with Crippen molar-refractivity contribution in [2.24, 2.45) is 0 Å². The molecule has 0 fully saturated rings. The van der Waals surface area contributed by atoms with Gasteiger partial charge in [0.2, 0.25) is 0 Å². The van der Waals surface area contributed by atoms with Gasteiger partial charge in [-0.3, -0.25) is 4.79 Å². The van der Waals surface area contributed by atoms with Crippen LogP contribution in [-0.2, 0) is 4.79 Å². The van der Waals surface area contributed by atoms with Crippen LogP contribution in [0.2, 0.25) is 5.02 Å². The summed E-state index contributed by atoms with van der Waals surface area (Å²) in [4.78, 5) is 10.2. The van der Waals surface area contributed by atoms with E-state index in [-0.39, 0.29) is 6.42 Å². The van der Waals surface area contributed by atoms with Crippen LogP contribution in [0.25, 0.3) is 0 Å². The fourth-order valence-corrected chi connectivity index (χ4v) is 1.08. The second kappa shape index (κ2) is 4.54. The van der Waals surface area contributed by atoms with E-state index in [4.69, 9.17) is 22.4 Å². The Kier molecular flexibility index (Phi) is 3.38. The van der Waals surface area contributed by atoms with E-state index < -0.39 is 5.97 Å². The molecule has 4 heteroatoms. The number of aliphatic carboxylic acids is 1. The topological polar surface area (TPSA) is 63.3 Å². The van der Waals surface area contributed by atoms with E-state index in [2.05, 4.69) is 11.8 Å². The summed E-state index contributed by atoms with van der Waals surface area (Å²) in [5.41, 5.74) is 6.62. The predicted octanol–water partition coefficient (Wildman–Crippen LogP) is 1.75. The van der Waals surface area contributed by atoms with E-state index in [1.807, 2.05) is 0 Å². The van der Waals surface area contributed by atoms with Gasteiger partial charge in [-0.05, 0) is 18.2 Å². The molecule has 0 aliphatic carbocycles. The summed E-state index contributed by atoms with van der Waals surface area (Å²) in [7, 11) is 0.